The molecule has 126 valence electrons. The second-order valence-corrected chi connectivity index (χ2v) is 7.52. The van der Waals surface area contributed by atoms with Crippen molar-refractivity contribution in [2.24, 2.45) is 5.10 Å². The summed E-state index contributed by atoms with van der Waals surface area (Å²) in [6.45, 7) is 2.08. The number of rotatable bonds is 3. The average Bonchev–Trinajstić information content (AvgIpc) is 3.05. The number of halogens is 1. The minimum absolute atomic E-state index is 0.677. The Morgan fingerprint density at radius 2 is 1.92 bits per heavy atom. The maximum atomic E-state index is 5.50. The molecular weight excluding hydrogens is 400 g/mol. The van der Waals surface area contributed by atoms with E-state index in [0.29, 0.717) is 5.82 Å². The van der Waals surface area contributed by atoms with Gasteiger partial charge in [0.2, 0.25) is 5.16 Å². The minimum atomic E-state index is 0.677. The molecule has 0 bridgehead atoms. The Labute approximate surface area is 158 Å². The number of nitrogens with zero attached hydrogens (tertiary/aromatic N) is 4. The molecule has 2 heterocycles. The molecule has 7 heteroatoms. The zero-order valence-corrected chi connectivity index (χ0v) is 16.1. The van der Waals surface area contributed by atoms with Crippen molar-refractivity contribution in [2.75, 3.05) is 12.9 Å². The molecule has 0 atom stereocenters. The normalized spacial score (nSPS) is 13.3. The number of thioether (sulfide) groups is 1. The number of aromatic nitrogens is 3. The van der Waals surface area contributed by atoms with Crippen LogP contribution in [0, 0.1) is 6.92 Å². The van der Waals surface area contributed by atoms with Crippen molar-refractivity contribution in [3.63, 3.8) is 0 Å². The van der Waals surface area contributed by atoms with Gasteiger partial charge < -0.3 is 4.74 Å². The molecule has 1 aliphatic heterocycles. The Morgan fingerprint density at radius 1 is 1.12 bits per heavy atom. The van der Waals surface area contributed by atoms with Gasteiger partial charge >= 0.3 is 0 Å². The molecule has 0 saturated heterocycles. The van der Waals surface area contributed by atoms with E-state index in [4.69, 9.17) is 9.84 Å². The second-order valence-electron chi connectivity index (χ2n) is 5.66. The molecule has 5 nitrogen and oxygen atoms in total. The number of fused-ring (bicyclic) bond motifs is 1. The highest BCUT2D eigenvalue weighted by Crippen LogP contribution is 2.34. The van der Waals surface area contributed by atoms with Crippen LogP contribution in [0.1, 0.15) is 11.1 Å². The van der Waals surface area contributed by atoms with Gasteiger partial charge in [-0.25, -0.2) is 0 Å². The molecule has 0 saturated carbocycles. The predicted octanol–water partition coefficient (Wildman–Crippen LogP) is 4.38. The van der Waals surface area contributed by atoms with Gasteiger partial charge in [0.25, 0.3) is 0 Å². The van der Waals surface area contributed by atoms with Crippen LogP contribution in [-0.4, -0.2) is 33.4 Å². The van der Waals surface area contributed by atoms with Crippen molar-refractivity contribution in [3.05, 3.63) is 58.1 Å². The number of hydrogen-bond donors (Lipinski definition) is 0. The summed E-state index contributed by atoms with van der Waals surface area (Å²) in [5.41, 5.74) is 4.22. The fraction of sp³-hybridized carbons (Fsp3) is 0.167. The van der Waals surface area contributed by atoms with E-state index < -0.39 is 0 Å². The Morgan fingerprint density at radius 3 is 2.68 bits per heavy atom. The van der Waals surface area contributed by atoms with Crippen molar-refractivity contribution < 1.29 is 4.74 Å². The van der Waals surface area contributed by atoms with E-state index in [-0.39, 0.29) is 0 Å². The van der Waals surface area contributed by atoms with Crippen LogP contribution in [0.2, 0.25) is 0 Å². The fourth-order valence-corrected chi connectivity index (χ4v) is 3.81. The summed E-state index contributed by atoms with van der Waals surface area (Å²) in [4.78, 5) is 0. The topological polar surface area (TPSA) is 52.3 Å². The lowest BCUT2D eigenvalue weighted by Crippen LogP contribution is -2.13. The minimum Gasteiger partial charge on any atom is -0.496 e. The molecule has 0 fully saturated rings. The quantitative estimate of drug-likeness (QED) is 0.637. The maximum Gasteiger partial charge on any atom is 0.212 e. The molecule has 3 aromatic rings. The molecule has 4 rings (SSSR count). The van der Waals surface area contributed by atoms with Gasteiger partial charge in [0.15, 0.2) is 5.82 Å². The predicted molar refractivity (Wildman–Crippen MR) is 104 cm³/mol. The van der Waals surface area contributed by atoms with Crippen molar-refractivity contribution >= 4 is 33.4 Å². The largest absolute Gasteiger partial charge is 0.496 e. The van der Waals surface area contributed by atoms with Crippen molar-refractivity contribution in [3.8, 4) is 17.1 Å². The van der Waals surface area contributed by atoms with Crippen LogP contribution in [-0.2, 0) is 0 Å². The number of aryl methyl sites for hydroxylation is 1. The average molecular weight is 415 g/mol. The Hall–Kier alpha value is -2.12. The van der Waals surface area contributed by atoms with E-state index in [9.17, 15) is 0 Å². The van der Waals surface area contributed by atoms with Crippen molar-refractivity contribution in [1.29, 1.82) is 0 Å². The molecule has 0 unspecified atom stereocenters. The number of hydrogen-bond acceptors (Lipinski definition) is 5. The summed E-state index contributed by atoms with van der Waals surface area (Å²) in [6, 6.07) is 14.2. The number of methoxy groups -OCH3 is 1. The summed E-state index contributed by atoms with van der Waals surface area (Å²) < 4.78 is 8.25. The highest BCUT2D eigenvalue weighted by atomic mass is 79.9. The van der Waals surface area contributed by atoms with Crippen LogP contribution in [0.5, 0.6) is 5.75 Å². The van der Waals surface area contributed by atoms with E-state index in [2.05, 4.69) is 57.3 Å². The van der Waals surface area contributed by atoms with E-state index in [1.165, 1.54) is 5.56 Å². The molecule has 0 spiro atoms. The van der Waals surface area contributed by atoms with Crippen molar-refractivity contribution in [1.82, 2.24) is 14.9 Å². The zero-order chi connectivity index (χ0) is 17.4. The number of ether oxygens (including phenoxy) is 1. The highest BCUT2D eigenvalue weighted by molar-refractivity contribution is 9.10. The van der Waals surface area contributed by atoms with Crippen LogP contribution >= 0.6 is 27.7 Å². The molecule has 0 aliphatic carbocycles. The van der Waals surface area contributed by atoms with Gasteiger partial charge in [-0.05, 0) is 30.7 Å². The Balaban J connectivity index is 1.81. The highest BCUT2D eigenvalue weighted by Gasteiger charge is 2.22. The molecule has 25 heavy (non-hydrogen) atoms. The summed E-state index contributed by atoms with van der Waals surface area (Å²) in [5.74, 6) is 2.18. The van der Waals surface area contributed by atoms with E-state index in [0.717, 1.165) is 38.0 Å². The first-order valence-electron chi connectivity index (χ1n) is 7.73. The maximum absolute atomic E-state index is 5.50. The molecule has 0 amide bonds. The van der Waals surface area contributed by atoms with Crippen LogP contribution in [0.25, 0.3) is 11.4 Å². The van der Waals surface area contributed by atoms with Crippen LogP contribution < -0.4 is 4.74 Å². The van der Waals surface area contributed by atoms with E-state index in [1.54, 1.807) is 23.5 Å². The third-order valence-corrected chi connectivity index (χ3v) is 5.38. The van der Waals surface area contributed by atoms with Gasteiger partial charge in [-0.3, -0.25) is 0 Å². The summed E-state index contributed by atoms with van der Waals surface area (Å²) in [5, 5.41) is 14.2. The molecular formula is C18H15BrN4OS. The Kier molecular flexibility index (Phi) is 4.35. The SMILES string of the molecule is COc1cc(Br)ccc1-c1nnc2n1N=C(c1ccc(C)cc1)CS2. The first-order chi connectivity index (χ1) is 12.2. The molecule has 2 aromatic carbocycles. The Bertz CT molecular complexity index is 966. The van der Waals surface area contributed by atoms with Gasteiger partial charge in [-0.1, -0.05) is 57.5 Å². The number of benzene rings is 2. The fourth-order valence-electron chi connectivity index (χ4n) is 2.63. The van der Waals surface area contributed by atoms with Crippen molar-refractivity contribution in [2.45, 2.75) is 12.1 Å². The van der Waals surface area contributed by atoms with E-state index >= 15 is 0 Å². The first-order valence-corrected chi connectivity index (χ1v) is 9.50. The summed E-state index contributed by atoms with van der Waals surface area (Å²) >= 11 is 5.10. The monoisotopic (exact) mass is 414 g/mol. The van der Waals surface area contributed by atoms with Crippen LogP contribution in [0.3, 0.4) is 0 Å². The second kappa shape index (κ2) is 6.65. The van der Waals surface area contributed by atoms with Crippen LogP contribution in [0.15, 0.2) is 57.2 Å². The first kappa shape index (κ1) is 16.4. The smallest absolute Gasteiger partial charge is 0.212 e. The van der Waals surface area contributed by atoms with Gasteiger partial charge in [0.05, 0.1) is 18.4 Å². The lowest BCUT2D eigenvalue weighted by molar-refractivity contribution is 0.415. The van der Waals surface area contributed by atoms with Crippen LogP contribution in [0.4, 0.5) is 0 Å². The molecule has 1 aliphatic rings. The third-order valence-electron chi connectivity index (χ3n) is 3.96. The molecule has 0 N–H and O–H groups in total. The standard InChI is InChI=1S/C18H15BrN4OS/c1-11-3-5-12(6-4-11)15-10-25-18-21-20-17(23(18)22-15)14-8-7-13(19)9-16(14)24-2/h3-9H,10H2,1-2H3. The lowest BCUT2D eigenvalue weighted by Gasteiger charge is -2.15. The van der Waals surface area contributed by atoms with Gasteiger partial charge in [0, 0.05) is 10.2 Å². The van der Waals surface area contributed by atoms with E-state index in [1.807, 2.05) is 18.2 Å². The van der Waals surface area contributed by atoms with Gasteiger partial charge in [0.1, 0.15) is 5.75 Å². The zero-order valence-electron chi connectivity index (χ0n) is 13.7. The van der Waals surface area contributed by atoms with Gasteiger partial charge in [-0.2, -0.15) is 9.78 Å². The van der Waals surface area contributed by atoms with Gasteiger partial charge in [-0.15, -0.1) is 10.2 Å². The third kappa shape index (κ3) is 3.09. The molecule has 1 aromatic heterocycles. The summed E-state index contributed by atoms with van der Waals surface area (Å²) in [7, 11) is 1.65. The summed E-state index contributed by atoms with van der Waals surface area (Å²) in [6.07, 6.45) is 0. The molecule has 0 radical (unpaired) electrons. The lowest BCUT2D eigenvalue weighted by atomic mass is 10.1.